The van der Waals surface area contributed by atoms with Crippen molar-refractivity contribution in [2.45, 2.75) is 49.1 Å². The maximum Gasteiger partial charge on any atom is 0.229 e. The van der Waals surface area contributed by atoms with Gasteiger partial charge in [-0.2, -0.15) is 4.98 Å². The summed E-state index contributed by atoms with van der Waals surface area (Å²) in [5, 5.41) is 9.70. The van der Waals surface area contributed by atoms with Gasteiger partial charge in [0, 0.05) is 29.2 Å². The number of nitrogens with zero attached hydrogens (tertiary/aromatic N) is 4. The lowest BCUT2D eigenvalue weighted by atomic mass is 9.81. The van der Waals surface area contributed by atoms with Crippen LogP contribution in [0, 0.1) is 0 Å². The van der Waals surface area contributed by atoms with E-state index in [1.807, 2.05) is 18.3 Å². The van der Waals surface area contributed by atoms with Crippen LogP contribution in [0.4, 0.5) is 11.6 Å². The highest BCUT2D eigenvalue weighted by molar-refractivity contribution is 7.82. The number of fused-ring (bicyclic) bond motifs is 4. The van der Waals surface area contributed by atoms with E-state index in [0.29, 0.717) is 17.4 Å². The van der Waals surface area contributed by atoms with Crippen LogP contribution in [0.5, 0.6) is 0 Å². The largest absolute Gasteiger partial charge is 0.324 e. The van der Waals surface area contributed by atoms with Crippen molar-refractivity contribution < 1.29 is 4.21 Å². The van der Waals surface area contributed by atoms with E-state index in [9.17, 15) is 4.21 Å². The standard InChI is InChI=1S/C20H22N6OS/c21-28(27)17-6-4-15(5-7-17)24-19-23-11-14-10-16-12-22-13-20(8-2-1-3-9-20)26(16)18(14)25-19/h4-7,10-11,13H,1-3,8-9,12,21H2,(H,23,24,25). The Balaban J connectivity index is 1.53. The molecule has 2 aromatic heterocycles. The summed E-state index contributed by atoms with van der Waals surface area (Å²) in [7, 11) is -1.48. The lowest BCUT2D eigenvalue weighted by Crippen LogP contribution is -2.40. The monoisotopic (exact) mass is 394 g/mol. The van der Waals surface area contributed by atoms with E-state index < -0.39 is 11.0 Å². The van der Waals surface area contributed by atoms with Gasteiger partial charge >= 0.3 is 0 Å². The van der Waals surface area contributed by atoms with Crippen LogP contribution in [0.2, 0.25) is 0 Å². The zero-order chi connectivity index (χ0) is 19.1. The summed E-state index contributed by atoms with van der Waals surface area (Å²) in [5.74, 6) is 0.545. The average Bonchev–Trinajstić information content (AvgIpc) is 3.08. The minimum atomic E-state index is -1.48. The van der Waals surface area contributed by atoms with E-state index in [4.69, 9.17) is 10.1 Å². The molecule has 7 nitrogen and oxygen atoms in total. The molecule has 3 heterocycles. The van der Waals surface area contributed by atoms with Gasteiger partial charge in [-0.05, 0) is 43.2 Å². The van der Waals surface area contributed by atoms with Crippen molar-refractivity contribution >= 4 is 39.9 Å². The fourth-order valence-corrected chi connectivity index (χ4v) is 4.81. The second-order valence-electron chi connectivity index (χ2n) is 7.52. The minimum Gasteiger partial charge on any atom is -0.324 e. The Morgan fingerprint density at radius 1 is 1.14 bits per heavy atom. The summed E-state index contributed by atoms with van der Waals surface area (Å²) in [6, 6.07) is 9.30. The predicted octanol–water partition coefficient (Wildman–Crippen LogP) is 3.40. The SMILES string of the molecule is NS(=O)c1ccc(Nc2ncc3cc4n(c3n2)C2(C=NC4)CCCCC2)cc1. The molecule has 8 heteroatoms. The highest BCUT2D eigenvalue weighted by Gasteiger charge is 2.37. The van der Waals surface area contributed by atoms with E-state index >= 15 is 0 Å². The number of benzene rings is 1. The molecule has 0 bridgehead atoms. The molecule has 0 radical (unpaired) electrons. The Morgan fingerprint density at radius 2 is 1.93 bits per heavy atom. The molecule has 1 spiro atoms. The third-order valence-electron chi connectivity index (χ3n) is 5.71. The quantitative estimate of drug-likeness (QED) is 0.711. The lowest BCUT2D eigenvalue weighted by molar-refractivity contribution is 0.282. The van der Waals surface area contributed by atoms with Crippen LogP contribution in [0.25, 0.3) is 11.0 Å². The highest BCUT2D eigenvalue weighted by Crippen LogP contribution is 2.39. The number of nitrogens with one attached hydrogen (secondary N) is 1. The van der Waals surface area contributed by atoms with Gasteiger partial charge in [0.15, 0.2) is 0 Å². The fourth-order valence-electron chi connectivity index (χ4n) is 4.40. The van der Waals surface area contributed by atoms with Gasteiger partial charge in [-0.25, -0.2) is 14.3 Å². The summed E-state index contributed by atoms with van der Waals surface area (Å²) in [6.45, 7) is 0.693. The summed E-state index contributed by atoms with van der Waals surface area (Å²) < 4.78 is 13.7. The van der Waals surface area contributed by atoms with Gasteiger partial charge in [-0.3, -0.25) is 4.99 Å². The van der Waals surface area contributed by atoms with Crippen LogP contribution in [-0.4, -0.2) is 25.0 Å². The van der Waals surface area contributed by atoms with Crippen LogP contribution < -0.4 is 10.5 Å². The molecule has 144 valence electrons. The number of aromatic nitrogens is 3. The van der Waals surface area contributed by atoms with Crippen molar-refractivity contribution in [2.75, 3.05) is 5.32 Å². The van der Waals surface area contributed by atoms with E-state index in [0.717, 1.165) is 29.6 Å². The molecule has 1 saturated carbocycles. The Bertz CT molecular complexity index is 1080. The molecule has 1 fully saturated rings. The lowest BCUT2D eigenvalue weighted by Gasteiger charge is -2.39. The highest BCUT2D eigenvalue weighted by atomic mass is 32.2. The summed E-state index contributed by atoms with van der Waals surface area (Å²) in [6.07, 6.45) is 9.96. The van der Waals surface area contributed by atoms with Crippen LogP contribution >= 0.6 is 0 Å². The summed E-state index contributed by atoms with van der Waals surface area (Å²) >= 11 is 0. The second-order valence-corrected chi connectivity index (χ2v) is 8.59. The van der Waals surface area contributed by atoms with Gasteiger partial charge in [0.25, 0.3) is 0 Å². The van der Waals surface area contributed by atoms with Gasteiger partial charge in [0.2, 0.25) is 5.95 Å². The Morgan fingerprint density at radius 3 is 2.68 bits per heavy atom. The number of anilines is 2. The first-order chi connectivity index (χ1) is 13.6. The second kappa shape index (κ2) is 6.79. The van der Waals surface area contributed by atoms with Crippen molar-refractivity contribution in [1.82, 2.24) is 14.5 Å². The first-order valence-corrected chi connectivity index (χ1v) is 10.8. The van der Waals surface area contributed by atoms with Gasteiger partial charge < -0.3 is 9.88 Å². The molecule has 28 heavy (non-hydrogen) atoms. The van der Waals surface area contributed by atoms with Gasteiger partial charge in [0.05, 0.1) is 17.0 Å². The first-order valence-electron chi connectivity index (χ1n) is 9.57. The smallest absolute Gasteiger partial charge is 0.229 e. The molecular weight excluding hydrogens is 372 g/mol. The van der Waals surface area contributed by atoms with Crippen molar-refractivity contribution in [2.24, 2.45) is 10.1 Å². The molecule has 5 rings (SSSR count). The van der Waals surface area contributed by atoms with E-state index in [1.54, 1.807) is 12.1 Å². The van der Waals surface area contributed by atoms with Crippen molar-refractivity contribution in [3.63, 3.8) is 0 Å². The van der Waals surface area contributed by atoms with Crippen molar-refractivity contribution in [3.8, 4) is 0 Å². The van der Waals surface area contributed by atoms with E-state index in [-0.39, 0.29) is 5.54 Å². The number of nitrogens with two attached hydrogens (primary N) is 1. The minimum absolute atomic E-state index is 0.0496. The first kappa shape index (κ1) is 17.5. The van der Waals surface area contributed by atoms with Crippen LogP contribution in [-0.2, 0) is 23.1 Å². The molecule has 3 aromatic rings. The van der Waals surface area contributed by atoms with E-state index in [1.165, 1.54) is 25.0 Å². The fraction of sp³-hybridized carbons (Fsp3) is 0.350. The number of aliphatic imine (C=N–C) groups is 1. The van der Waals surface area contributed by atoms with Crippen LogP contribution in [0.1, 0.15) is 37.8 Å². The Labute approximate surface area is 165 Å². The maximum absolute atomic E-state index is 11.3. The molecule has 2 aliphatic rings. The molecule has 1 aliphatic heterocycles. The molecule has 0 saturated heterocycles. The Hall–Kier alpha value is -2.58. The zero-order valence-electron chi connectivity index (χ0n) is 15.5. The molecule has 3 N–H and O–H groups in total. The Kier molecular flexibility index (Phi) is 4.25. The summed E-state index contributed by atoms with van der Waals surface area (Å²) in [5.41, 5.74) is 2.94. The third kappa shape index (κ3) is 2.93. The van der Waals surface area contributed by atoms with Gasteiger partial charge in [-0.15, -0.1) is 0 Å². The van der Waals surface area contributed by atoms with Crippen LogP contribution in [0.15, 0.2) is 46.4 Å². The van der Waals surface area contributed by atoms with Gasteiger partial charge in [0.1, 0.15) is 16.6 Å². The van der Waals surface area contributed by atoms with Crippen LogP contribution in [0.3, 0.4) is 0 Å². The molecule has 1 unspecified atom stereocenters. The maximum atomic E-state index is 11.3. The third-order valence-corrected chi connectivity index (χ3v) is 6.45. The molecule has 0 amide bonds. The molecule has 1 atom stereocenters. The zero-order valence-corrected chi connectivity index (χ0v) is 16.3. The molecule has 1 aromatic carbocycles. The van der Waals surface area contributed by atoms with E-state index in [2.05, 4.69) is 32.1 Å². The topological polar surface area (TPSA) is 98.2 Å². The van der Waals surface area contributed by atoms with Crippen molar-refractivity contribution in [1.29, 1.82) is 0 Å². The predicted molar refractivity (Wildman–Crippen MR) is 111 cm³/mol. The molecule has 1 aliphatic carbocycles. The number of hydrogen-bond donors (Lipinski definition) is 2. The van der Waals surface area contributed by atoms with Gasteiger partial charge in [-0.1, -0.05) is 19.3 Å². The average molecular weight is 395 g/mol. The normalized spacial score (nSPS) is 18.9. The number of rotatable bonds is 3. The summed E-state index contributed by atoms with van der Waals surface area (Å²) in [4.78, 5) is 14.6. The van der Waals surface area contributed by atoms with Crippen molar-refractivity contribution in [3.05, 3.63) is 42.2 Å². The molecular formula is C20H22N6OS. The number of hydrogen-bond acceptors (Lipinski definition) is 5.